The van der Waals surface area contributed by atoms with E-state index in [1.807, 2.05) is 0 Å². The van der Waals surface area contributed by atoms with Crippen LogP contribution in [0.5, 0.6) is 0 Å². The van der Waals surface area contributed by atoms with Gasteiger partial charge in [-0.05, 0) is 49.9 Å². The van der Waals surface area contributed by atoms with Crippen molar-refractivity contribution in [3.05, 3.63) is 35.1 Å². The standard InChI is InChI=1S/C14H16FNO3/c1-9-8-10(5-6-11(9)15)13(17)16-7-3-2-4-12(16)14(18)19/h5-6,8,12H,2-4,7H2,1H3,(H,18,19)/t12-/m0/s1. The van der Waals surface area contributed by atoms with Gasteiger partial charge in [0, 0.05) is 12.1 Å². The lowest BCUT2D eigenvalue weighted by Crippen LogP contribution is -2.48. The molecule has 1 saturated heterocycles. The van der Waals surface area contributed by atoms with E-state index in [4.69, 9.17) is 5.11 Å². The largest absolute Gasteiger partial charge is 0.480 e. The van der Waals surface area contributed by atoms with Crippen molar-refractivity contribution >= 4 is 11.9 Å². The summed E-state index contributed by atoms with van der Waals surface area (Å²) in [6.07, 6.45) is 2.08. The van der Waals surface area contributed by atoms with Crippen molar-refractivity contribution in [1.29, 1.82) is 0 Å². The summed E-state index contributed by atoms with van der Waals surface area (Å²) in [7, 11) is 0. The van der Waals surface area contributed by atoms with E-state index in [0.717, 1.165) is 12.8 Å². The third-order valence-corrected chi connectivity index (χ3v) is 3.45. The third kappa shape index (κ3) is 2.75. The van der Waals surface area contributed by atoms with Crippen molar-refractivity contribution in [2.75, 3.05) is 6.54 Å². The van der Waals surface area contributed by atoms with Crippen LogP contribution in [-0.4, -0.2) is 34.5 Å². The van der Waals surface area contributed by atoms with Crippen LogP contribution >= 0.6 is 0 Å². The number of rotatable bonds is 2. The fourth-order valence-corrected chi connectivity index (χ4v) is 2.37. The number of amides is 1. The van der Waals surface area contributed by atoms with E-state index in [0.29, 0.717) is 24.1 Å². The average molecular weight is 265 g/mol. The van der Waals surface area contributed by atoms with Crippen molar-refractivity contribution < 1.29 is 19.1 Å². The van der Waals surface area contributed by atoms with Gasteiger partial charge < -0.3 is 10.0 Å². The molecule has 102 valence electrons. The number of likely N-dealkylation sites (tertiary alicyclic amines) is 1. The van der Waals surface area contributed by atoms with Crippen LogP contribution in [0, 0.1) is 12.7 Å². The molecule has 1 N–H and O–H groups in total. The van der Waals surface area contributed by atoms with E-state index in [1.165, 1.54) is 23.1 Å². The van der Waals surface area contributed by atoms with Gasteiger partial charge in [0.1, 0.15) is 11.9 Å². The van der Waals surface area contributed by atoms with Gasteiger partial charge in [0.15, 0.2) is 0 Å². The SMILES string of the molecule is Cc1cc(C(=O)N2CCCC[C@H]2C(=O)O)ccc1F. The number of carbonyl (C=O) groups excluding carboxylic acids is 1. The number of nitrogens with zero attached hydrogens (tertiary/aromatic N) is 1. The third-order valence-electron chi connectivity index (χ3n) is 3.45. The number of hydrogen-bond donors (Lipinski definition) is 1. The Kier molecular flexibility index (Phi) is 3.83. The Morgan fingerprint density at radius 2 is 2.11 bits per heavy atom. The van der Waals surface area contributed by atoms with Crippen LogP contribution in [0.4, 0.5) is 4.39 Å². The van der Waals surface area contributed by atoms with Crippen LogP contribution in [-0.2, 0) is 4.79 Å². The molecule has 0 aromatic heterocycles. The number of aliphatic carboxylic acids is 1. The molecule has 1 aromatic carbocycles. The van der Waals surface area contributed by atoms with E-state index < -0.39 is 12.0 Å². The molecule has 0 bridgehead atoms. The molecular weight excluding hydrogens is 249 g/mol. The monoisotopic (exact) mass is 265 g/mol. The normalized spacial score (nSPS) is 19.3. The molecule has 1 amide bonds. The second-order valence-electron chi connectivity index (χ2n) is 4.81. The van der Waals surface area contributed by atoms with Gasteiger partial charge in [0.2, 0.25) is 0 Å². The number of hydrogen-bond acceptors (Lipinski definition) is 2. The first-order valence-corrected chi connectivity index (χ1v) is 6.30. The maximum absolute atomic E-state index is 13.2. The van der Waals surface area contributed by atoms with Crippen LogP contribution in [0.2, 0.25) is 0 Å². The van der Waals surface area contributed by atoms with Gasteiger partial charge in [-0.25, -0.2) is 9.18 Å². The van der Waals surface area contributed by atoms with Gasteiger partial charge in [-0.15, -0.1) is 0 Å². The summed E-state index contributed by atoms with van der Waals surface area (Å²) >= 11 is 0. The second kappa shape index (κ2) is 5.38. The molecule has 1 fully saturated rings. The summed E-state index contributed by atoms with van der Waals surface area (Å²) in [5.74, 6) is -1.69. The van der Waals surface area contributed by atoms with Gasteiger partial charge in [-0.3, -0.25) is 4.79 Å². The minimum atomic E-state index is -0.980. The first kappa shape index (κ1) is 13.5. The minimum absolute atomic E-state index is 0.338. The molecule has 1 atom stereocenters. The molecule has 1 aliphatic rings. The number of benzene rings is 1. The molecule has 0 unspecified atom stereocenters. The molecule has 2 rings (SSSR count). The molecule has 4 nitrogen and oxygen atoms in total. The summed E-state index contributed by atoms with van der Waals surface area (Å²) in [5.41, 5.74) is 0.724. The van der Waals surface area contributed by atoms with Crippen molar-refractivity contribution in [3.8, 4) is 0 Å². The van der Waals surface area contributed by atoms with Crippen LogP contribution in [0.1, 0.15) is 35.2 Å². The summed E-state index contributed by atoms with van der Waals surface area (Å²) in [6.45, 7) is 2.02. The summed E-state index contributed by atoms with van der Waals surface area (Å²) in [6, 6.07) is 3.33. The summed E-state index contributed by atoms with van der Waals surface area (Å²) in [5, 5.41) is 9.15. The lowest BCUT2D eigenvalue weighted by Gasteiger charge is -2.33. The van der Waals surface area contributed by atoms with Crippen LogP contribution < -0.4 is 0 Å². The zero-order valence-electron chi connectivity index (χ0n) is 10.7. The molecule has 5 heteroatoms. The lowest BCUT2D eigenvalue weighted by molar-refractivity contribution is -0.143. The highest BCUT2D eigenvalue weighted by atomic mass is 19.1. The molecule has 0 aliphatic carbocycles. The van der Waals surface area contributed by atoms with E-state index >= 15 is 0 Å². The highest BCUT2D eigenvalue weighted by Crippen LogP contribution is 2.21. The van der Waals surface area contributed by atoms with Gasteiger partial charge in [-0.1, -0.05) is 0 Å². The van der Waals surface area contributed by atoms with Gasteiger partial charge >= 0.3 is 5.97 Å². The highest BCUT2D eigenvalue weighted by molar-refractivity contribution is 5.96. The average Bonchev–Trinajstić information content (AvgIpc) is 2.41. The minimum Gasteiger partial charge on any atom is -0.480 e. The Balaban J connectivity index is 2.26. The van der Waals surface area contributed by atoms with E-state index in [1.54, 1.807) is 6.92 Å². The number of carbonyl (C=O) groups is 2. The lowest BCUT2D eigenvalue weighted by atomic mass is 10.0. The number of aryl methyl sites for hydroxylation is 1. The van der Waals surface area contributed by atoms with Crippen molar-refractivity contribution in [3.63, 3.8) is 0 Å². The van der Waals surface area contributed by atoms with Gasteiger partial charge in [-0.2, -0.15) is 0 Å². The quantitative estimate of drug-likeness (QED) is 0.892. The van der Waals surface area contributed by atoms with Crippen molar-refractivity contribution in [2.24, 2.45) is 0 Å². The molecule has 0 saturated carbocycles. The molecule has 1 aromatic rings. The first-order chi connectivity index (χ1) is 9.00. The number of piperidine rings is 1. The topological polar surface area (TPSA) is 57.6 Å². The number of carboxylic acid groups (broad SMARTS) is 1. The van der Waals surface area contributed by atoms with Crippen LogP contribution in [0.25, 0.3) is 0 Å². The van der Waals surface area contributed by atoms with Crippen LogP contribution in [0.15, 0.2) is 18.2 Å². The fourth-order valence-electron chi connectivity index (χ4n) is 2.37. The molecular formula is C14H16FNO3. The molecule has 1 aliphatic heterocycles. The highest BCUT2D eigenvalue weighted by Gasteiger charge is 2.32. The Bertz CT molecular complexity index is 515. The second-order valence-corrected chi connectivity index (χ2v) is 4.81. The van der Waals surface area contributed by atoms with Gasteiger partial charge in [0.05, 0.1) is 0 Å². The molecule has 1 heterocycles. The van der Waals surface area contributed by atoms with Gasteiger partial charge in [0.25, 0.3) is 5.91 Å². The molecule has 0 radical (unpaired) electrons. The maximum Gasteiger partial charge on any atom is 0.326 e. The molecule has 0 spiro atoms. The Hall–Kier alpha value is -1.91. The summed E-state index contributed by atoms with van der Waals surface area (Å²) in [4.78, 5) is 24.9. The number of carboxylic acids is 1. The Morgan fingerprint density at radius 1 is 1.37 bits per heavy atom. The Morgan fingerprint density at radius 3 is 2.74 bits per heavy atom. The van der Waals surface area contributed by atoms with E-state index in [9.17, 15) is 14.0 Å². The fraction of sp³-hybridized carbons (Fsp3) is 0.429. The van der Waals surface area contributed by atoms with E-state index in [2.05, 4.69) is 0 Å². The maximum atomic E-state index is 13.2. The predicted molar refractivity (Wildman–Crippen MR) is 67.4 cm³/mol. The predicted octanol–water partition coefficient (Wildman–Crippen LogP) is 2.21. The molecule has 19 heavy (non-hydrogen) atoms. The van der Waals surface area contributed by atoms with E-state index in [-0.39, 0.29) is 11.7 Å². The zero-order valence-corrected chi connectivity index (χ0v) is 10.7. The van der Waals surface area contributed by atoms with Crippen LogP contribution in [0.3, 0.4) is 0 Å². The van der Waals surface area contributed by atoms with Crippen molar-refractivity contribution in [1.82, 2.24) is 4.90 Å². The van der Waals surface area contributed by atoms with Crippen molar-refractivity contribution in [2.45, 2.75) is 32.2 Å². The number of halogens is 1. The smallest absolute Gasteiger partial charge is 0.326 e. The zero-order chi connectivity index (χ0) is 14.0. The Labute approximate surface area is 110 Å². The summed E-state index contributed by atoms with van der Waals surface area (Å²) < 4.78 is 13.2. The first-order valence-electron chi connectivity index (χ1n) is 6.30.